The van der Waals surface area contributed by atoms with Crippen LogP contribution in [0.25, 0.3) is 0 Å². The molecule has 0 spiro atoms. The molecule has 1 atom stereocenters. The summed E-state index contributed by atoms with van der Waals surface area (Å²) in [6.07, 6.45) is 0. The van der Waals surface area contributed by atoms with Gasteiger partial charge in [0.2, 0.25) is 0 Å². The van der Waals surface area contributed by atoms with Crippen LogP contribution in [0.2, 0.25) is 5.02 Å². The van der Waals surface area contributed by atoms with Crippen LogP contribution in [0, 0.1) is 0 Å². The number of guanidine groups is 1. The van der Waals surface area contributed by atoms with E-state index in [2.05, 4.69) is 53.1 Å². The number of aliphatic imine (C=N–C) groups is 1. The highest BCUT2D eigenvalue weighted by molar-refractivity contribution is 6.30. The number of hydrogen-bond acceptors (Lipinski definition) is 3. The van der Waals surface area contributed by atoms with Crippen molar-refractivity contribution >= 4 is 23.2 Å². The molecule has 1 aliphatic rings. The number of hydrogen-bond donors (Lipinski definition) is 2. The number of para-hydroxylation sites is 1. The minimum atomic E-state index is 0.201. The predicted molar refractivity (Wildman–Crippen MR) is 109 cm³/mol. The van der Waals surface area contributed by atoms with Crippen molar-refractivity contribution < 1.29 is 0 Å². The van der Waals surface area contributed by atoms with E-state index in [4.69, 9.17) is 16.6 Å². The van der Waals surface area contributed by atoms with Gasteiger partial charge < -0.3 is 10.6 Å². The Kier molecular flexibility index (Phi) is 4.89. The molecule has 3 nitrogen and oxygen atoms in total. The fourth-order valence-electron chi connectivity index (χ4n) is 3.22. The van der Waals surface area contributed by atoms with Crippen LogP contribution in [0.4, 0.5) is 5.69 Å². The van der Waals surface area contributed by atoms with Crippen LogP contribution in [0.15, 0.2) is 83.9 Å². The molecule has 1 unspecified atom stereocenters. The molecule has 130 valence electrons. The Balaban J connectivity index is 1.60. The molecule has 0 fully saturated rings. The molecule has 3 aromatic carbocycles. The summed E-state index contributed by atoms with van der Waals surface area (Å²) in [7, 11) is 0. The lowest BCUT2D eigenvalue weighted by molar-refractivity contribution is 0.817. The molecular weight excluding hydrogens is 342 g/mol. The molecule has 2 N–H and O–H groups in total. The van der Waals surface area contributed by atoms with Gasteiger partial charge in [-0.2, -0.15) is 0 Å². The summed E-state index contributed by atoms with van der Waals surface area (Å²) < 4.78 is 0. The van der Waals surface area contributed by atoms with E-state index in [0.717, 1.165) is 23.2 Å². The Morgan fingerprint density at radius 3 is 2.46 bits per heavy atom. The monoisotopic (exact) mass is 361 g/mol. The standard InChI is InChI=1S/C22H20ClN3/c23-18-12-10-17(11-13-18)20-15-25-22(24-14-16-6-2-1-3-7-16)26-21-9-5-4-8-19(20)21/h1-13,20H,14-15H2,(H2,24,25,26). The zero-order chi connectivity index (χ0) is 17.8. The van der Waals surface area contributed by atoms with Gasteiger partial charge in [-0.1, -0.05) is 72.3 Å². The highest BCUT2D eigenvalue weighted by atomic mass is 35.5. The molecule has 1 heterocycles. The number of nitrogens with zero attached hydrogens (tertiary/aromatic N) is 1. The topological polar surface area (TPSA) is 36.4 Å². The second-order valence-corrected chi connectivity index (χ2v) is 6.78. The lowest BCUT2D eigenvalue weighted by Crippen LogP contribution is -2.30. The van der Waals surface area contributed by atoms with Crippen LogP contribution in [0.3, 0.4) is 0 Å². The van der Waals surface area contributed by atoms with Gasteiger partial charge in [-0.05, 0) is 34.9 Å². The molecule has 0 bridgehead atoms. The Bertz CT molecular complexity index is 904. The molecule has 0 aromatic heterocycles. The third-order valence-electron chi connectivity index (χ3n) is 4.60. The summed E-state index contributed by atoms with van der Waals surface area (Å²) in [5.41, 5.74) is 4.78. The second kappa shape index (κ2) is 7.63. The molecule has 4 rings (SSSR count). The molecule has 4 heteroatoms. The zero-order valence-corrected chi connectivity index (χ0v) is 15.1. The van der Waals surface area contributed by atoms with Gasteiger partial charge in [0.1, 0.15) is 0 Å². The fourth-order valence-corrected chi connectivity index (χ4v) is 3.35. The van der Waals surface area contributed by atoms with Gasteiger partial charge in [-0.15, -0.1) is 0 Å². The Labute approximate surface area is 158 Å². The van der Waals surface area contributed by atoms with Gasteiger partial charge in [-0.3, -0.25) is 4.99 Å². The van der Waals surface area contributed by atoms with Crippen LogP contribution >= 0.6 is 11.6 Å². The third-order valence-corrected chi connectivity index (χ3v) is 4.85. The van der Waals surface area contributed by atoms with Crippen molar-refractivity contribution in [3.8, 4) is 0 Å². The predicted octanol–water partition coefficient (Wildman–Crippen LogP) is 5.04. The molecule has 0 radical (unpaired) electrons. The van der Waals surface area contributed by atoms with Crippen LogP contribution in [0.1, 0.15) is 22.6 Å². The minimum Gasteiger partial charge on any atom is -0.352 e. The van der Waals surface area contributed by atoms with E-state index in [1.165, 1.54) is 16.7 Å². The van der Waals surface area contributed by atoms with E-state index in [1.54, 1.807) is 0 Å². The molecule has 1 aliphatic heterocycles. The van der Waals surface area contributed by atoms with Crippen molar-refractivity contribution in [2.45, 2.75) is 12.5 Å². The highest BCUT2D eigenvalue weighted by Gasteiger charge is 2.21. The number of anilines is 1. The summed E-state index contributed by atoms with van der Waals surface area (Å²) >= 11 is 6.06. The lowest BCUT2D eigenvalue weighted by Gasteiger charge is -2.17. The number of benzene rings is 3. The molecule has 0 amide bonds. The van der Waals surface area contributed by atoms with E-state index < -0.39 is 0 Å². The van der Waals surface area contributed by atoms with Crippen LogP contribution < -0.4 is 10.6 Å². The number of halogens is 1. The number of fused-ring (bicyclic) bond motifs is 1. The Morgan fingerprint density at radius 1 is 0.923 bits per heavy atom. The maximum Gasteiger partial charge on any atom is 0.196 e. The average Bonchev–Trinajstić information content (AvgIpc) is 2.87. The van der Waals surface area contributed by atoms with Gasteiger partial charge in [0.25, 0.3) is 0 Å². The lowest BCUT2D eigenvalue weighted by atomic mass is 9.90. The van der Waals surface area contributed by atoms with Crippen molar-refractivity contribution in [2.24, 2.45) is 4.99 Å². The van der Waals surface area contributed by atoms with E-state index in [-0.39, 0.29) is 5.92 Å². The number of rotatable bonds is 3. The maximum atomic E-state index is 6.06. The van der Waals surface area contributed by atoms with Gasteiger partial charge in [-0.25, -0.2) is 0 Å². The molecular formula is C22H20ClN3. The SMILES string of the molecule is Clc1ccc(C2CN=C(NCc3ccccc3)Nc3ccccc32)cc1. The average molecular weight is 362 g/mol. The van der Waals surface area contributed by atoms with E-state index in [1.807, 2.05) is 36.4 Å². The Morgan fingerprint density at radius 2 is 1.65 bits per heavy atom. The summed E-state index contributed by atoms with van der Waals surface area (Å²) in [4.78, 5) is 4.79. The fraction of sp³-hybridized carbons (Fsp3) is 0.136. The highest BCUT2D eigenvalue weighted by Crippen LogP contribution is 2.33. The first-order chi connectivity index (χ1) is 12.8. The number of nitrogens with one attached hydrogen (secondary N) is 2. The zero-order valence-electron chi connectivity index (χ0n) is 14.3. The first-order valence-corrected chi connectivity index (χ1v) is 9.11. The van der Waals surface area contributed by atoms with Gasteiger partial charge in [0.05, 0.1) is 6.54 Å². The van der Waals surface area contributed by atoms with Crippen LogP contribution in [-0.4, -0.2) is 12.5 Å². The van der Waals surface area contributed by atoms with Crippen LogP contribution in [-0.2, 0) is 6.54 Å². The summed E-state index contributed by atoms with van der Waals surface area (Å²) in [6.45, 7) is 1.42. The summed E-state index contributed by atoms with van der Waals surface area (Å²) in [6, 6.07) is 26.8. The molecule has 26 heavy (non-hydrogen) atoms. The van der Waals surface area contributed by atoms with Crippen molar-refractivity contribution in [3.63, 3.8) is 0 Å². The van der Waals surface area contributed by atoms with Gasteiger partial charge >= 0.3 is 0 Å². The minimum absolute atomic E-state index is 0.201. The maximum absolute atomic E-state index is 6.06. The van der Waals surface area contributed by atoms with Crippen LogP contribution in [0.5, 0.6) is 0 Å². The van der Waals surface area contributed by atoms with Gasteiger partial charge in [0, 0.05) is 23.2 Å². The quantitative estimate of drug-likeness (QED) is 0.685. The van der Waals surface area contributed by atoms with Crippen molar-refractivity contribution in [3.05, 3.63) is 101 Å². The normalized spacial score (nSPS) is 16.0. The van der Waals surface area contributed by atoms with E-state index in [9.17, 15) is 0 Å². The smallest absolute Gasteiger partial charge is 0.196 e. The van der Waals surface area contributed by atoms with E-state index >= 15 is 0 Å². The van der Waals surface area contributed by atoms with Crippen molar-refractivity contribution in [1.29, 1.82) is 0 Å². The van der Waals surface area contributed by atoms with Gasteiger partial charge in [0.15, 0.2) is 5.96 Å². The second-order valence-electron chi connectivity index (χ2n) is 6.34. The summed E-state index contributed by atoms with van der Waals surface area (Å²) in [5, 5.41) is 7.62. The van der Waals surface area contributed by atoms with Crippen molar-refractivity contribution in [2.75, 3.05) is 11.9 Å². The van der Waals surface area contributed by atoms with E-state index in [0.29, 0.717) is 6.54 Å². The molecule has 3 aromatic rings. The Hall–Kier alpha value is -2.78. The first-order valence-electron chi connectivity index (χ1n) is 8.73. The first kappa shape index (κ1) is 16.7. The largest absolute Gasteiger partial charge is 0.352 e. The molecule has 0 aliphatic carbocycles. The molecule has 0 saturated carbocycles. The third kappa shape index (κ3) is 3.73. The summed E-state index contributed by atoms with van der Waals surface area (Å²) in [5.74, 6) is 1.00. The molecule has 0 saturated heterocycles. The van der Waals surface area contributed by atoms with Crippen molar-refractivity contribution in [1.82, 2.24) is 5.32 Å².